The van der Waals surface area contributed by atoms with Crippen molar-refractivity contribution in [2.75, 3.05) is 0 Å². The van der Waals surface area contributed by atoms with E-state index in [-0.39, 0.29) is 59.4 Å². The summed E-state index contributed by atoms with van der Waals surface area (Å²) in [6.45, 7) is 56.0. The van der Waals surface area contributed by atoms with Crippen LogP contribution in [-0.4, -0.2) is 0 Å². The van der Waals surface area contributed by atoms with Crippen molar-refractivity contribution in [2.45, 2.75) is 34.6 Å². The fourth-order valence-corrected chi connectivity index (χ4v) is 3.24. The van der Waals surface area contributed by atoms with Gasteiger partial charge in [0.25, 0.3) is 0 Å². The van der Waals surface area contributed by atoms with Crippen LogP contribution in [-0.2, 0) is 101 Å². The third-order valence-electron chi connectivity index (χ3n) is 4.87. The molecule has 0 heterocycles. The molecular weight excluding hydrogens is 967 g/mol. The molecule has 179 valence electrons. The van der Waals surface area contributed by atoms with Crippen LogP contribution in [0.1, 0.15) is 34.6 Å². The van der Waals surface area contributed by atoms with Gasteiger partial charge >= 0.3 is 122 Å². The summed E-state index contributed by atoms with van der Waals surface area (Å²) in [6, 6.07) is 0. The van der Waals surface area contributed by atoms with Crippen molar-refractivity contribution in [3.05, 3.63) is 89.1 Å². The van der Waals surface area contributed by atoms with Crippen molar-refractivity contribution >= 4 is 0 Å². The van der Waals surface area contributed by atoms with Gasteiger partial charge in [0, 0.05) is 39.6 Å². The summed E-state index contributed by atoms with van der Waals surface area (Å²) in [5, 5.41) is 0. The van der Waals surface area contributed by atoms with E-state index in [1.165, 1.54) is 11.1 Å². The van der Waals surface area contributed by atoms with Gasteiger partial charge in [-0.3, -0.25) is 0 Å². The second kappa shape index (κ2) is 52.7. The fourth-order valence-electron chi connectivity index (χ4n) is 3.24. The molecule has 0 saturated heterocycles. The summed E-state index contributed by atoms with van der Waals surface area (Å²) >= 11 is 0. The summed E-state index contributed by atoms with van der Waals surface area (Å²) in [7, 11) is 0. The molecule has 12 heteroatoms. The minimum absolute atomic E-state index is 0. The van der Waals surface area contributed by atoms with E-state index in [9.17, 15) is 0 Å². The Morgan fingerprint density at radius 1 is 0.455 bits per heavy atom. The van der Waals surface area contributed by atoms with Crippen molar-refractivity contribution in [1.29, 1.82) is 0 Å². The Kier molecular flexibility index (Phi) is 111. The average molecular weight is 984 g/mol. The average Bonchev–Trinajstić information content (AvgIpc) is 2.91. The molecule has 0 aliphatic heterocycles. The predicted molar refractivity (Wildman–Crippen MR) is 88.0 cm³/mol. The van der Waals surface area contributed by atoms with E-state index in [4.69, 9.17) is 41.9 Å². The van der Waals surface area contributed by atoms with Crippen LogP contribution in [0.2, 0.25) is 0 Å². The number of hydrogen-bond acceptors (Lipinski definition) is 0. The molecule has 2 aliphatic carbocycles. The van der Waals surface area contributed by atoms with Gasteiger partial charge in [0.1, 0.15) is 0 Å². The Balaban J connectivity index is -0.0000000222. The topological polar surface area (TPSA) is 179 Å². The molecule has 2 aliphatic rings. The maximum Gasteiger partial charge on any atom is 1.00 e. The zero-order chi connectivity index (χ0) is 27.3. The molecule has 2 unspecified atom stereocenters. The van der Waals surface area contributed by atoms with Crippen LogP contribution in [0.5, 0.6) is 0 Å². The van der Waals surface area contributed by atoms with E-state index in [1.807, 2.05) is 0 Å². The SMILES string of the molecule is [C-]#[O+].[C-]#[O+].[C-]#[O+].[C-]#[O+].[C-]#[O+].[C-]#[O+].[C-]#[O+].[C-]#[O+].[C-]#[O+].[CH2-]C1=C(C)C2(C)C(C)=C(C)C12C.[Os+].[Os].[Os]. The minimum atomic E-state index is 0. The quantitative estimate of drug-likeness (QED) is 0.197. The molecule has 0 bridgehead atoms. The molecule has 2 atom stereocenters. The summed E-state index contributed by atoms with van der Waals surface area (Å²) in [5.41, 5.74) is 6.62. The third kappa shape index (κ3) is 16.2. The van der Waals surface area contributed by atoms with Crippen LogP contribution in [0.4, 0.5) is 0 Å². The van der Waals surface area contributed by atoms with E-state index in [2.05, 4.69) is 101 Å². The van der Waals surface area contributed by atoms with Crippen LogP contribution in [0.3, 0.4) is 0 Å². The summed E-state index contributed by atoms with van der Waals surface area (Å²) in [4.78, 5) is 0. The van der Waals surface area contributed by atoms with Gasteiger partial charge in [-0.15, -0.1) is 6.92 Å². The molecule has 0 aromatic rings. The molecule has 9 nitrogen and oxygen atoms in total. The standard InChI is InChI=1S/C12H17.9CO.3Os/c1-7-8(2)12(6)10(4)9(3)11(7,12)5;9*1-2;;;/h1H2,2-6H3;;;;;;;;;;;;/q-1;;;;;;;;;;;;+1. The normalized spacial score (nSPS) is 17.1. The van der Waals surface area contributed by atoms with Crippen LogP contribution >= 0.6 is 0 Å². The molecular formula is C21H17O9Os3. The summed E-state index contributed by atoms with van der Waals surface area (Å²) in [6.07, 6.45) is 0. The van der Waals surface area contributed by atoms with Crippen LogP contribution < -0.4 is 0 Å². The maximum atomic E-state index is 7.50. The smallest absolute Gasteiger partial charge is 0.241 e. The van der Waals surface area contributed by atoms with Crippen LogP contribution in [0, 0.1) is 77.6 Å². The Hall–Kier alpha value is -1.08. The van der Waals surface area contributed by atoms with E-state index in [0.29, 0.717) is 10.8 Å². The summed E-state index contributed by atoms with van der Waals surface area (Å²) < 4.78 is 67.5. The molecule has 0 N–H and O–H groups in total. The molecule has 0 amide bonds. The number of rotatable bonds is 0. The zero-order valence-corrected chi connectivity index (χ0v) is 25.6. The van der Waals surface area contributed by atoms with E-state index < -0.39 is 0 Å². The van der Waals surface area contributed by atoms with Gasteiger partial charge in [0.15, 0.2) is 0 Å². The Morgan fingerprint density at radius 2 is 0.606 bits per heavy atom. The molecule has 2 rings (SSSR count). The summed E-state index contributed by atoms with van der Waals surface area (Å²) in [5.74, 6) is 0. The van der Waals surface area contributed by atoms with E-state index in [1.54, 1.807) is 11.1 Å². The molecule has 0 fully saturated rings. The molecule has 0 saturated carbocycles. The minimum Gasteiger partial charge on any atom is -0.241 e. The first-order valence-corrected chi connectivity index (χ1v) is 6.44. The maximum absolute atomic E-state index is 7.50. The van der Waals surface area contributed by atoms with Gasteiger partial charge in [-0.1, -0.05) is 25.0 Å². The molecule has 1 radical (unpaired) electrons. The van der Waals surface area contributed by atoms with Gasteiger partial charge in [0.2, 0.25) is 0 Å². The van der Waals surface area contributed by atoms with Gasteiger partial charge in [-0.2, -0.15) is 0 Å². The first-order chi connectivity index (χ1) is 14.4. The van der Waals surface area contributed by atoms with Gasteiger partial charge in [0.05, 0.1) is 0 Å². The van der Waals surface area contributed by atoms with E-state index >= 15 is 0 Å². The van der Waals surface area contributed by atoms with Gasteiger partial charge < -0.3 is 0 Å². The van der Waals surface area contributed by atoms with Crippen molar-refractivity contribution < 1.29 is 101 Å². The fraction of sp³-hybridized carbons (Fsp3) is 0.333. The molecule has 0 aromatic heterocycles. The van der Waals surface area contributed by atoms with Crippen LogP contribution in [0.25, 0.3) is 0 Å². The second-order valence-corrected chi connectivity index (χ2v) is 4.60. The Morgan fingerprint density at radius 3 is 0.758 bits per heavy atom. The van der Waals surface area contributed by atoms with Crippen molar-refractivity contribution in [3.63, 3.8) is 0 Å². The third-order valence-corrected chi connectivity index (χ3v) is 4.87. The molecule has 0 aromatic carbocycles. The number of fused-ring (bicyclic) bond motifs is 1. The van der Waals surface area contributed by atoms with Crippen molar-refractivity contribution in [1.82, 2.24) is 0 Å². The number of hydrogen-bond donors (Lipinski definition) is 0. The largest absolute Gasteiger partial charge is 1.00 e. The predicted octanol–water partition coefficient (Wildman–Crippen LogP) is 3.17. The van der Waals surface area contributed by atoms with Crippen molar-refractivity contribution in [3.8, 4) is 0 Å². The Bertz CT molecular complexity index is 558. The molecule has 33 heavy (non-hydrogen) atoms. The Labute approximate surface area is 234 Å². The second-order valence-electron chi connectivity index (χ2n) is 4.60. The first-order valence-electron chi connectivity index (χ1n) is 6.44. The number of allylic oxidation sites excluding steroid dienone is 4. The van der Waals surface area contributed by atoms with Crippen molar-refractivity contribution in [2.24, 2.45) is 10.8 Å². The van der Waals surface area contributed by atoms with Crippen LogP contribution in [0.15, 0.2) is 22.3 Å². The van der Waals surface area contributed by atoms with Gasteiger partial charge in [-0.05, 0) is 24.7 Å². The van der Waals surface area contributed by atoms with Gasteiger partial charge in [-0.25, -0.2) is 18.1 Å². The zero-order valence-electron chi connectivity index (χ0n) is 17.9. The monoisotopic (exact) mass is 989 g/mol. The first kappa shape index (κ1) is 69.7. The van der Waals surface area contributed by atoms with E-state index in [0.717, 1.165) is 0 Å². The molecule has 0 spiro atoms.